The average molecular weight is 361 g/mol. The van der Waals surface area contributed by atoms with Crippen LogP contribution in [0.1, 0.15) is 53.9 Å². The number of carbonyl (C=O) groups is 1. The molecule has 1 rings (SSSR count). The van der Waals surface area contributed by atoms with E-state index >= 15 is 0 Å². The highest BCUT2D eigenvalue weighted by atomic mass is 16.7. The number of carbonyl (C=O) groups excluding carboxylic acids is 1. The van der Waals surface area contributed by atoms with Gasteiger partial charge >= 0.3 is 0 Å². The first-order valence-electron chi connectivity index (χ1n) is 9.11. The predicted molar refractivity (Wildman–Crippen MR) is 93.8 cm³/mol. The van der Waals surface area contributed by atoms with E-state index in [4.69, 9.17) is 15.2 Å². The molecule has 0 spiro atoms. The number of nitrogens with two attached hydrogens (primary N) is 1. The lowest BCUT2D eigenvalue weighted by Gasteiger charge is -2.40. The van der Waals surface area contributed by atoms with Crippen molar-refractivity contribution in [3.63, 3.8) is 0 Å². The summed E-state index contributed by atoms with van der Waals surface area (Å²) in [5.41, 5.74) is 4.29. The topological polar surface area (TPSA) is 122 Å². The Bertz CT molecular complexity index is 418. The molecule has 1 saturated heterocycles. The highest BCUT2D eigenvalue weighted by Gasteiger charge is 2.41. The molecule has 1 aliphatic heterocycles. The Labute approximate surface area is 150 Å². The van der Waals surface area contributed by atoms with Gasteiger partial charge in [0.15, 0.2) is 12.1 Å². The third-order valence-electron chi connectivity index (χ3n) is 4.77. The fourth-order valence-corrected chi connectivity index (χ4v) is 3.28. The van der Waals surface area contributed by atoms with Gasteiger partial charge in [-0.1, -0.05) is 27.7 Å². The maximum absolute atomic E-state index is 12.1. The van der Waals surface area contributed by atoms with Crippen LogP contribution >= 0.6 is 0 Å². The summed E-state index contributed by atoms with van der Waals surface area (Å²) in [5.74, 6) is -0.490. The Morgan fingerprint density at radius 2 is 1.92 bits per heavy atom. The first-order chi connectivity index (χ1) is 11.5. The van der Waals surface area contributed by atoms with E-state index in [0.29, 0.717) is 6.42 Å². The van der Waals surface area contributed by atoms with Crippen molar-refractivity contribution in [2.24, 2.45) is 17.6 Å². The first-order valence-corrected chi connectivity index (χ1v) is 9.11. The van der Waals surface area contributed by atoms with Gasteiger partial charge in [0.05, 0.1) is 18.3 Å². The molecule has 1 fully saturated rings. The van der Waals surface area contributed by atoms with E-state index in [1.165, 1.54) is 0 Å². The SMILES string of the molecule is CC(C)C[C@](O)(C[C@H](O[C@H]1C[C@@H](N)[C@H](O)C(C)O1)C(C)C)C(=O)CO. The number of aliphatic hydroxyl groups is 3. The molecule has 6 atom stereocenters. The van der Waals surface area contributed by atoms with Crippen LogP contribution in [0, 0.1) is 11.8 Å². The molecule has 0 radical (unpaired) electrons. The molecule has 1 heterocycles. The van der Waals surface area contributed by atoms with Crippen molar-refractivity contribution in [1.82, 2.24) is 0 Å². The van der Waals surface area contributed by atoms with Crippen molar-refractivity contribution in [2.75, 3.05) is 6.61 Å². The summed E-state index contributed by atoms with van der Waals surface area (Å²) in [7, 11) is 0. The van der Waals surface area contributed by atoms with E-state index in [2.05, 4.69) is 0 Å². The van der Waals surface area contributed by atoms with Gasteiger partial charge in [-0.3, -0.25) is 4.79 Å². The second kappa shape index (κ2) is 9.39. The third kappa shape index (κ3) is 6.27. The lowest BCUT2D eigenvalue weighted by molar-refractivity contribution is -0.249. The zero-order valence-electron chi connectivity index (χ0n) is 16.0. The summed E-state index contributed by atoms with van der Waals surface area (Å²) in [6.07, 6.45) is -1.58. The van der Waals surface area contributed by atoms with Gasteiger partial charge in [-0.25, -0.2) is 0 Å². The molecule has 0 aliphatic carbocycles. The number of hydrogen-bond acceptors (Lipinski definition) is 7. The van der Waals surface area contributed by atoms with Gasteiger partial charge in [0, 0.05) is 18.9 Å². The molecule has 0 amide bonds. The summed E-state index contributed by atoms with van der Waals surface area (Å²) in [6, 6.07) is -0.449. The molecule has 0 aromatic rings. The molecule has 0 saturated carbocycles. The average Bonchev–Trinajstić information content (AvgIpc) is 2.50. The van der Waals surface area contributed by atoms with E-state index in [9.17, 15) is 20.1 Å². The largest absolute Gasteiger partial charge is 0.389 e. The Kier molecular flexibility index (Phi) is 8.44. The summed E-state index contributed by atoms with van der Waals surface area (Å²) in [5, 5.41) is 30.0. The van der Waals surface area contributed by atoms with Gasteiger partial charge in [-0.05, 0) is 25.2 Å². The highest BCUT2D eigenvalue weighted by molar-refractivity contribution is 5.88. The van der Waals surface area contributed by atoms with E-state index in [1.807, 2.05) is 27.7 Å². The van der Waals surface area contributed by atoms with Crippen molar-refractivity contribution in [3.05, 3.63) is 0 Å². The van der Waals surface area contributed by atoms with Crippen LogP contribution in [0.3, 0.4) is 0 Å². The Hall–Kier alpha value is -0.570. The van der Waals surface area contributed by atoms with Crippen LogP contribution in [-0.4, -0.2) is 64.0 Å². The Morgan fingerprint density at radius 3 is 2.36 bits per heavy atom. The quantitative estimate of drug-likeness (QED) is 0.474. The lowest BCUT2D eigenvalue weighted by atomic mass is 9.81. The van der Waals surface area contributed by atoms with Crippen LogP contribution in [-0.2, 0) is 14.3 Å². The van der Waals surface area contributed by atoms with E-state index < -0.39 is 48.6 Å². The number of rotatable bonds is 9. The molecule has 1 aliphatic rings. The molecule has 7 nitrogen and oxygen atoms in total. The van der Waals surface area contributed by atoms with E-state index in [-0.39, 0.29) is 24.7 Å². The maximum Gasteiger partial charge on any atom is 0.189 e. The zero-order chi connectivity index (χ0) is 19.4. The van der Waals surface area contributed by atoms with Crippen molar-refractivity contribution >= 4 is 5.78 Å². The van der Waals surface area contributed by atoms with Crippen molar-refractivity contribution in [1.29, 1.82) is 0 Å². The first kappa shape index (κ1) is 22.5. The number of Topliss-reactive ketones (excluding diaryl/α,β-unsaturated/α-hetero) is 1. The monoisotopic (exact) mass is 361 g/mol. The molecule has 7 heteroatoms. The summed E-state index contributed by atoms with van der Waals surface area (Å²) in [6.45, 7) is 8.72. The Balaban J connectivity index is 2.86. The van der Waals surface area contributed by atoms with Crippen LogP contribution in [0.2, 0.25) is 0 Å². The van der Waals surface area contributed by atoms with Crippen molar-refractivity contribution in [2.45, 2.75) is 90.1 Å². The molecule has 25 heavy (non-hydrogen) atoms. The van der Waals surface area contributed by atoms with Crippen LogP contribution in [0.25, 0.3) is 0 Å². The minimum atomic E-state index is -1.64. The van der Waals surface area contributed by atoms with E-state index in [1.54, 1.807) is 6.92 Å². The van der Waals surface area contributed by atoms with Gasteiger partial charge in [-0.2, -0.15) is 0 Å². The third-order valence-corrected chi connectivity index (χ3v) is 4.77. The summed E-state index contributed by atoms with van der Waals surface area (Å²) < 4.78 is 11.7. The molecule has 1 unspecified atom stereocenters. The minimum absolute atomic E-state index is 0.0205. The van der Waals surface area contributed by atoms with Crippen LogP contribution in [0.15, 0.2) is 0 Å². The second-order valence-electron chi connectivity index (χ2n) is 7.99. The van der Waals surface area contributed by atoms with Crippen LogP contribution in [0.5, 0.6) is 0 Å². The minimum Gasteiger partial charge on any atom is -0.389 e. The van der Waals surface area contributed by atoms with Gasteiger partial charge in [0.25, 0.3) is 0 Å². The molecular weight excluding hydrogens is 326 g/mol. The fourth-order valence-electron chi connectivity index (χ4n) is 3.28. The van der Waals surface area contributed by atoms with Crippen LogP contribution < -0.4 is 5.73 Å². The van der Waals surface area contributed by atoms with Gasteiger partial charge in [-0.15, -0.1) is 0 Å². The number of ketones is 1. The highest BCUT2D eigenvalue weighted by Crippen LogP contribution is 2.30. The number of aliphatic hydroxyl groups excluding tert-OH is 2. The molecule has 148 valence electrons. The molecule has 0 aromatic heterocycles. The summed E-state index contributed by atoms with van der Waals surface area (Å²) >= 11 is 0. The normalized spacial score (nSPS) is 31.2. The summed E-state index contributed by atoms with van der Waals surface area (Å²) in [4.78, 5) is 12.1. The van der Waals surface area contributed by atoms with Crippen molar-refractivity contribution < 1.29 is 29.6 Å². The lowest BCUT2D eigenvalue weighted by Crippen LogP contribution is -2.53. The zero-order valence-corrected chi connectivity index (χ0v) is 16.0. The van der Waals surface area contributed by atoms with Gasteiger partial charge in [0.1, 0.15) is 12.2 Å². The maximum atomic E-state index is 12.1. The fraction of sp³-hybridized carbons (Fsp3) is 0.944. The standard InChI is InChI=1S/C18H35NO6/c1-10(2)7-18(23,15(21)9-20)8-14(11(3)4)25-16-6-13(19)17(22)12(5)24-16/h10-14,16-17,20,22-23H,6-9,19H2,1-5H3/t12?,13-,14+,16+,17-,18+/m1/s1. The molecule has 0 aromatic carbocycles. The molecular formula is C18H35NO6. The predicted octanol–water partition coefficient (Wildman–Crippen LogP) is 0.579. The van der Waals surface area contributed by atoms with Crippen LogP contribution in [0.4, 0.5) is 0 Å². The number of hydrogen-bond donors (Lipinski definition) is 4. The molecule has 0 bridgehead atoms. The Morgan fingerprint density at radius 1 is 1.32 bits per heavy atom. The van der Waals surface area contributed by atoms with Gasteiger partial charge in [0.2, 0.25) is 0 Å². The number of ether oxygens (including phenoxy) is 2. The van der Waals surface area contributed by atoms with Crippen molar-refractivity contribution in [3.8, 4) is 0 Å². The van der Waals surface area contributed by atoms with E-state index in [0.717, 1.165) is 0 Å². The molecule has 5 N–H and O–H groups in total. The second-order valence-corrected chi connectivity index (χ2v) is 7.99. The smallest absolute Gasteiger partial charge is 0.189 e. The van der Waals surface area contributed by atoms with Gasteiger partial charge < -0.3 is 30.5 Å².